The molecule has 0 aliphatic heterocycles. The zero-order valence-electron chi connectivity index (χ0n) is 11.9. The Bertz CT molecular complexity index is 783. The molecule has 1 aromatic heterocycles. The number of nitrogens with zero attached hydrogens (tertiary/aromatic N) is 1. The van der Waals surface area contributed by atoms with Gasteiger partial charge >= 0.3 is 0 Å². The first kappa shape index (κ1) is 14.1. The average molecular weight is 297 g/mol. The number of hydrogen-bond acceptors (Lipinski definition) is 2. The van der Waals surface area contributed by atoms with E-state index in [9.17, 15) is 0 Å². The molecule has 1 unspecified atom stereocenters. The van der Waals surface area contributed by atoms with Gasteiger partial charge < -0.3 is 5.73 Å². The quantitative estimate of drug-likeness (QED) is 0.776. The third-order valence-corrected chi connectivity index (χ3v) is 4.12. The molecule has 106 valence electrons. The minimum atomic E-state index is -0.100. The molecule has 3 rings (SSSR count). The van der Waals surface area contributed by atoms with E-state index in [1.54, 1.807) is 0 Å². The first-order valence-electron chi connectivity index (χ1n) is 7.00. The summed E-state index contributed by atoms with van der Waals surface area (Å²) in [5.74, 6) is 0. The summed E-state index contributed by atoms with van der Waals surface area (Å²) < 4.78 is 0. The molecule has 0 saturated heterocycles. The van der Waals surface area contributed by atoms with E-state index < -0.39 is 0 Å². The zero-order chi connectivity index (χ0) is 14.8. The highest BCUT2D eigenvalue weighted by atomic mass is 35.5. The van der Waals surface area contributed by atoms with E-state index in [1.165, 1.54) is 0 Å². The number of rotatable bonds is 3. The fraction of sp³-hybridized carbons (Fsp3) is 0.167. The largest absolute Gasteiger partial charge is 0.324 e. The van der Waals surface area contributed by atoms with Crippen molar-refractivity contribution in [3.63, 3.8) is 0 Å². The molecule has 0 radical (unpaired) electrons. The number of para-hydroxylation sites is 1. The molecule has 21 heavy (non-hydrogen) atoms. The van der Waals surface area contributed by atoms with Crippen molar-refractivity contribution in [2.75, 3.05) is 0 Å². The molecule has 0 aliphatic rings. The number of aromatic nitrogens is 1. The molecule has 2 nitrogen and oxygen atoms in total. The fourth-order valence-electron chi connectivity index (χ4n) is 2.40. The SMILES string of the molecule is Cc1ccc(C(N)Cc2ccc3ccccc3n2)cc1Cl. The molecular weight excluding hydrogens is 280 g/mol. The van der Waals surface area contributed by atoms with Crippen LogP contribution in [0.4, 0.5) is 0 Å². The summed E-state index contributed by atoms with van der Waals surface area (Å²) in [5.41, 5.74) is 10.4. The van der Waals surface area contributed by atoms with Gasteiger partial charge in [-0.25, -0.2) is 0 Å². The highest BCUT2D eigenvalue weighted by molar-refractivity contribution is 6.31. The van der Waals surface area contributed by atoms with Gasteiger partial charge in [0.2, 0.25) is 0 Å². The van der Waals surface area contributed by atoms with Crippen LogP contribution < -0.4 is 5.73 Å². The summed E-state index contributed by atoms with van der Waals surface area (Å²) >= 11 is 6.17. The lowest BCUT2D eigenvalue weighted by molar-refractivity contribution is 0.709. The van der Waals surface area contributed by atoms with Gasteiger partial charge in [0.15, 0.2) is 0 Å². The summed E-state index contributed by atoms with van der Waals surface area (Å²) in [6.07, 6.45) is 0.699. The van der Waals surface area contributed by atoms with Crippen molar-refractivity contribution in [2.24, 2.45) is 5.73 Å². The van der Waals surface area contributed by atoms with Crippen LogP contribution in [-0.4, -0.2) is 4.98 Å². The highest BCUT2D eigenvalue weighted by Gasteiger charge is 2.10. The maximum Gasteiger partial charge on any atom is 0.0705 e. The van der Waals surface area contributed by atoms with Crippen molar-refractivity contribution in [1.29, 1.82) is 0 Å². The van der Waals surface area contributed by atoms with Crippen LogP contribution in [0, 0.1) is 6.92 Å². The number of nitrogens with two attached hydrogens (primary N) is 1. The van der Waals surface area contributed by atoms with Crippen LogP contribution in [0.1, 0.15) is 22.9 Å². The molecule has 0 amide bonds. The molecular formula is C18H17ClN2. The number of aryl methyl sites for hydroxylation is 1. The van der Waals surface area contributed by atoms with Crippen LogP contribution in [0.3, 0.4) is 0 Å². The number of hydrogen-bond donors (Lipinski definition) is 1. The van der Waals surface area contributed by atoms with Crippen LogP contribution in [0.2, 0.25) is 5.02 Å². The molecule has 1 atom stereocenters. The Balaban J connectivity index is 1.85. The molecule has 1 heterocycles. The van der Waals surface area contributed by atoms with Crippen LogP contribution in [0.5, 0.6) is 0 Å². The van der Waals surface area contributed by atoms with Crippen molar-refractivity contribution < 1.29 is 0 Å². The van der Waals surface area contributed by atoms with E-state index in [0.29, 0.717) is 6.42 Å². The van der Waals surface area contributed by atoms with E-state index in [0.717, 1.165) is 32.7 Å². The van der Waals surface area contributed by atoms with Crippen molar-refractivity contribution in [3.05, 3.63) is 76.4 Å². The number of halogens is 1. The van der Waals surface area contributed by atoms with Gasteiger partial charge in [-0.15, -0.1) is 0 Å². The van der Waals surface area contributed by atoms with Crippen LogP contribution >= 0.6 is 11.6 Å². The highest BCUT2D eigenvalue weighted by Crippen LogP contribution is 2.23. The van der Waals surface area contributed by atoms with Gasteiger partial charge in [-0.1, -0.05) is 48.0 Å². The number of pyridine rings is 1. The van der Waals surface area contributed by atoms with Gasteiger partial charge in [0.05, 0.1) is 5.52 Å². The smallest absolute Gasteiger partial charge is 0.0705 e. The molecule has 3 heteroatoms. The normalized spacial score (nSPS) is 12.5. The first-order chi connectivity index (χ1) is 10.1. The Hall–Kier alpha value is -1.90. The van der Waals surface area contributed by atoms with Gasteiger partial charge in [-0.05, 0) is 36.2 Å². The van der Waals surface area contributed by atoms with E-state index in [-0.39, 0.29) is 6.04 Å². The van der Waals surface area contributed by atoms with Crippen LogP contribution in [-0.2, 0) is 6.42 Å². The number of benzene rings is 2. The predicted octanol–water partition coefficient (Wildman–Crippen LogP) is 4.44. The molecule has 2 aromatic carbocycles. The topological polar surface area (TPSA) is 38.9 Å². The third kappa shape index (κ3) is 3.07. The lowest BCUT2D eigenvalue weighted by Gasteiger charge is -2.13. The molecule has 0 spiro atoms. The average Bonchev–Trinajstić information content (AvgIpc) is 2.50. The first-order valence-corrected chi connectivity index (χ1v) is 7.37. The van der Waals surface area contributed by atoms with Crippen molar-refractivity contribution >= 4 is 22.5 Å². The lowest BCUT2D eigenvalue weighted by atomic mass is 10.0. The second kappa shape index (κ2) is 5.84. The van der Waals surface area contributed by atoms with E-state index in [4.69, 9.17) is 17.3 Å². The van der Waals surface area contributed by atoms with Crippen LogP contribution in [0.25, 0.3) is 10.9 Å². The van der Waals surface area contributed by atoms with E-state index >= 15 is 0 Å². The molecule has 2 N–H and O–H groups in total. The van der Waals surface area contributed by atoms with Gasteiger partial charge in [-0.2, -0.15) is 0 Å². The van der Waals surface area contributed by atoms with Crippen molar-refractivity contribution in [2.45, 2.75) is 19.4 Å². The van der Waals surface area contributed by atoms with Gasteiger partial charge in [0.1, 0.15) is 0 Å². The minimum Gasteiger partial charge on any atom is -0.324 e. The maximum absolute atomic E-state index is 6.29. The van der Waals surface area contributed by atoms with Gasteiger partial charge in [0.25, 0.3) is 0 Å². The predicted molar refractivity (Wildman–Crippen MR) is 88.6 cm³/mol. The second-order valence-corrected chi connectivity index (χ2v) is 5.72. The summed E-state index contributed by atoms with van der Waals surface area (Å²) in [7, 11) is 0. The molecule has 3 aromatic rings. The molecule has 0 bridgehead atoms. The van der Waals surface area contributed by atoms with Crippen molar-refractivity contribution in [1.82, 2.24) is 4.98 Å². The summed E-state index contributed by atoms with van der Waals surface area (Å²) in [5, 5.41) is 1.91. The maximum atomic E-state index is 6.29. The van der Waals surface area contributed by atoms with E-state index in [2.05, 4.69) is 17.1 Å². The monoisotopic (exact) mass is 296 g/mol. The Morgan fingerprint density at radius 2 is 1.90 bits per heavy atom. The Morgan fingerprint density at radius 3 is 2.71 bits per heavy atom. The Kier molecular flexibility index (Phi) is 3.91. The number of fused-ring (bicyclic) bond motifs is 1. The summed E-state index contributed by atoms with van der Waals surface area (Å²) in [6, 6.07) is 18.1. The van der Waals surface area contributed by atoms with Crippen molar-refractivity contribution in [3.8, 4) is 0 Å². The van der Waals surface area contributed by atoms with Crippen LogP contribution in [0.15, 0.2) is 54.6 Å². The minimum absolute atomic E-state index is 0.100. The van der Waals surface area contributed by atoms with E-state index in [1.807, 2.05) is 49.4 Å². The fourth-order valence-corrected chi connectivity index (χ4v) is 2.59. The second-order valence-electron chi connectivity index (χ2n) is 5.31. The zero-order valence-corrected chi connectivity index (χ0v) is 12.6. The van der Waals surface area contributed by atoms with Gasteiger partial charge in [-0.3, -0.25) is 4.98 Å². The third-order valence-electron chi connectivity index (χ3n) is 3.71. The molecule has 0 saturated carbocycles. The molecule has 0 fully saturated rings. The standard InChI is InChI=1S/C18H17ClN2/c1-12-6-7-14(10-16(12)19)17(20)11-15-9-8-13-4-2-3-5-18(13)21-15/h2-10,17H,11,20H2,1H3. The summed E-state index contributed by atoms with van der Waals surface area (Å²) in [6.45, 7) is 1.99. The summed E-state index contributed by atoms with van der Waals surface area (Å²) in [4.78, 5) is 4.67. The lowest BCUT2D eigenvalue weighted by Crippen LogP contribution is -2.14. The Labute approximate surface area is 129 Å². The Morgan fingerprint density at radius 1 is 1.10 bits per heavy atom. The molecule has 0 aliphatic carbocycles. The van der Waals surface area contributed by atoms with Gasteiger partial charge in [0, 0.05) is 28.6 Å².